The first-order chi connectivity index (χ1) is 9.99. The summed E-state index contributed by atoms with van der Waals surface area (Å²) in [5.41, 5.74) is 2.18. The van der Waals surface area contributed by atoms with Crippen molar-refractivity contribution in [1.29, 1.82) is 0 Å². The maximum absolute atomic E-state index is 13.9. The fourth-order valence-electron chi connectivity index (χ4n) is 2.44. The van der Waals surface area contributed by atoms with Gasteiger partial charge in [0.1, 0.15) is 11.6 Å². The quantitative estimate of drug-likeness (QED) is 0.835. The van der Waals surface area contributed by atoms with Crippen LogP contribution in [-0.4, -0.2) is 6.54 Å². The minimum absolute atomic E-state index is 0.155. The predicted octanol–water partition coefficient (Wildman–Crippen LogP) is 4.82. The van der Waals surface area contributed by atoms with Gasteiger partial charge in [-0.15, -0.1) is 0 Å². The van der Waals surface area contributed by atoms with Gasteiger partial charge < -0.3 is 5.32 Å². The first-order valence-corrected chi connectivity index (χ1v) is 7.31. The Morgan fingerprint density at radius 3 is 2.57 bits per heavy atom. The second-order valence-corrected chi connectivity index (χ2v) is 5.55. The molecule has 0 fully saturated rings. The van der Waals surface area contributed by atoms with Crippen molar-refractivity contribution in [1.82, 2.24) is 5.32 Å². The first-order valence-electron chi connectivity index (χ1n) is 6.94. The summed E-state index contributed by atoms with van der Waals surface area (Å²) in [6.45, 7) is 4.52. The molecule has 1 unspecified atom stereocenters. The van der Waals surface area contributed by atoms with E-state index in [9.17, 15) is 8.78 Å². The minimum Gasteiger partial charge on any atom is -0.310 e. The van der Waals surface area contributed by atoms with Gasteiger partial charge in [0.2, 0.25) is 0 Å². The number of rotatable bonds is 5. The molecule has 2 aromatic carbocycles. The average molecular weight is 310 g/mol. The Balaban J connectivity index is 2.32. The van der Waals surface area contributed by atoms with Gasteiger partial charge in [-0.3, -0.25) is 0 Å². The van der Waals surface area contributed by atoms with E-state index in [0.29, 0.717) is 23.6 Å². The summed E-state index contributed by atoms with van der Waals surface area (Å²) < 4.78 is 27.5. The van der Waals surface area contributed by atoms with Gasteiger partial charge in [-0.05, 0) is 66.9 Å². The lowest BCUT2D eigenvalue weighted by molar-refractivity contribution is 0.523. The van der Waals surface area contributed by atoms with Gasteiger partial charge in [0.25, 0.3) is 0 Å². The highest BCUT2D eigenvalue weighted by atomic mass is 35.5. The molecule has 1 nitrogen and oxygen atoms in total. The van der Waals surface area contributed by atoms with Crippen molar-refractivity contribution in [2.24, 2.45) is 0 Å². The van der Waals surface area contributed by atoms with Crippen LogP contribution in [0.25, 0.3) is 0 Å². The molecule has 1 atom stereocenters. The maximum atomic E-state index is 13.9. The Morgan fingerprint density at radius 2 is 1.90 bits per heavy atom. The summed E-state index contributed by atoms with van der Waals surface area (Å²) in [6, 6.07) is 9.23. The molecule has 0 amide bonds. The van der Waals surface area contributed by atoms with Crippen LogP contribution >= 0.6 is 11.6 Å². The van der Waals surface area contributed by atoms with E-state index in [1.807, 2.05) is 19.9 Å². The number of likely N-dealkylation sites (N-methyl/N-ethyl adjacent to an activating group) is 1. The molecule has 0 saturated heterocycles. The van der Waals surface area contributed by atoms with Crippen LogP contribution in [0.1, 0.15) is 29.7 Å². The summed E-state index contributed by atoms with van der Waals surface area (Å²) in [7, 11) is 0. The van der Waals surface area contributed by atoms with E-state index >= 15 is 0 Å². The highest BCUT2D eigenvalue weighted by Gasteiger charge is 2.15. The SMILES string of the molecule is CCNC(Cc1cc(Cl)ccc1F)c1cc(C)cc(F)c1. The summed E-state index contributed by atoms with van der Waals surface area (Å²) in [5.74, 6) is -0.574. The number of hydrogen-bond donors (Lipinski definition) is 1. The number of benzene rings is 2. The Labute approximate surface area is 128 Å². The van der Waals surface area contributed by atoms with E-state index in [-0.39, 0.29) is 17.7 Å². The Morgan fingerprint density at radius 1 is 1.14 bits per heavy atom. The van der Waals surface area contributed by atoms with Gasteiger partial charge in [0, 0.05) is 11.1 Å². The van der Waals surface area contributed by atoms with E-state index < -0.39 is 0 Å². The fraction of sp³-hybridized carbons (Fsp3) is 0.294. The van der Waals surface area contributed by atoms with Crippen molar-refractivity contribution < 1.29 is 8.78 Å². The van der Waals surface area contributed by atoms with Crippen molar-refractivity contribution in [2.45, 2.75) is 26.3 Å². The molecule has 0 aliphatic carbocycles. The average Bonchev–Trinajstić information content (AvgIpc) is 2.41. The molecule has 0 spiro atoms. The molecule has 2 aromatic rings. The predicted molar refractivity (Wildman–Crippen MR) is 82.7 cm³/mol. The standard InChI is InChI=1S/C17H18ClF2N/c1-3-21-17(13-6-11(2)7-15(19)9-13)10-12-8-14(18)4-5-16(12)20/h4-9,17,21H,3,10H2,1-2H3. The van der Waals surface area contributed by atoms with Gasteiger partial charge in [0.15, 0.2) is 0 Å². The zero-order valence-electron chi connectivity index (χ0n) is 12.1. The Kier molecular flexibility index (Phi) is 5.32. The van der Waals surface area contributed by atoms with Crippen LogP contribution in [0.3, 0.4) is 0 Å². The maximum Gasteiger partial charge on any atom is 0.126 e. The summed E-state index contributed by atoms with van der Waals surface area (Å²) in [5, 5.41) is 3.77. The van der Waals surface area contributed by atoms with Crippen LogP contribution in [-0.2, 0) is 6.42 Å². The molecule has 4 heteroatoms. The molecule has 0 saturated carbocycles. The van der Waals surface area contributed by atoms with Gasteiger partial charge in [-0.2, -0.15) is 0 Å². The topological polar surface area (TPSA) is 12.0 Å². The molecule has 112 valence electrons. The van der Waals surface area contributed by atoms with Crippen molar-refractivity contribution in [3.63, 3.8) is 0 Å². The molecule has 0 bridgehead atoms. The fourth-order valence-corrected chi connectivity index (χ4v) is 2.63. The third-order valence-electron chi connectivity index (χ3n) is 3.35. The van der Waals surface area contributed by atoms with E-state index in [1.165, 1.54) is 24.3 Å². The number of nitrogens with one attached hydrogen (secondary N) is 1. The Bertz CT molecular complexity index is 608. The van der Waals surface area contributed by atoms with Crippen LogP contribution in [0.2, 0.25) is 5.02 Å². The molecule has 0 radical (unpaired) electrons. The molecular weight excluding hydrogens is 292 g/mol. The van der Waals surface area contributed by atoms with Crippen LogP contribution in [0.5, 0.6) is 0 Å². The molecule has 0 heterocycles. The van der Waals surface area contributed by atoms with Crippen molar-refractivity contribution in [3.05, 3.63) is 69.7 Å². The second-order valence-electron chi connectivity index (χ2n) is 5.11. The largest absolute Gasteiger partial charge is 0.310 e. The molecule has 0 aliphatic heterocycles. The van der Waals surface area contributed by atoms with Crippen molar-refractivity contribution in [2.75, 3.05) is 6.54 Å². The van der Waals surface area contributed by atoms with Crippen LogP contribution in [0, 0.1) is 18.6 Å². The van der Waals surface area contributed by atoms with Gasteiger partial charge in [-0.1, -0.05) is 24.6 Å². The van der Waals surface area contributed by atoms with E-state index in [0.717, 1.165) is 11.1 Å². The summed E-state index contributed by atoms with van der Waals surface area (Å²) in [4.78, 5) is 0. The molecule has 21 heavy (non-hydrogen) atoms. The third kappa shape index (κ3) is 4.26. The van der Waals surface area contributed by atoms with Crippen LogP contribution in [0.15, 0.2) is 36.4 Å². The Hall–Kier alpha value is -1.45. The highest BCUT2D eigenvalue weighted by molar-refractivity contribution is 6.30. The van der Waals surface area contributed by atoms with Crippen molar-refractivity contribution >= 4 is 11.6 Å². The monoisotopic (exact) mass is 309 g/mol. The zero-order chi connectivity index (χ0) is 15.4. The molecule has 0 aromatic heterocycles. The van der Waals surface area contributed by atoms with E-state index in [1.54, 1.807) is 6.07 Å². The number of hydrogen-bond acceptors (Lipinski definition) is 1. The van der Waals surface area contributed by atoms with Gasteiger partial charge in [0.05, 0.1) is 0 Å². The molecular formula is C17H18ClF2N. The number of aryl methyl sites for hydroxylation is 1. The van der Waals surface area contributed by atoms with E-state index in [4.69, 9.17) is 11.6 Å². The van der Waals surface area contributed by atoms with Crippen molar-refractivity contribution in [3.8, 4) is 0 Å². The lowest BCUT2D eigenvalue weighted by Gasteiger charge is -2.19. The first kappa shape index (κ1) is 15.9. The minimum atomic E-state index is -0.296. The number of halogens is 3. The van der Waals surface area contributed by atoms with Crippen LogP contribution < -0.4 is 5.32 Å². The lowest BCUT2D eigenvalue weighted by Crippen LogP contribution is -2.23. The van der Waals surface area contributed by atoms with E-state index in [2.05, 4.69) is 5.32 Å². The molecule has 2 rings (SSSR count). The molecule has 0 aliphatic rings. The van der Waals surface area contributed by atoms with Crippen LogP contribution in [0.4, 0.5) is 8.78 Å². The lowest BCUT2D eigenvalue weighted by atomic mass is 9.97. The summed E-state index contributed by atoms with van der Waals surface area (Å²) >= 11 is 5.93. The zero-order valence-corrected chi connectivity index (χ0v) is 12.8. The smallest absolute Gasteiger partial charge is 0.126 e. The normalized spacial score (nSPS) is 12.4. The summed E-state index contributed by atoms with van der Waals surface area (Å²) in [6.07, 6.45) is 0.420. The second kappa shape index (κ2) is 7.01. The van der Waals surface area contributed by atoms with Gasteiger partial charge in [-0.25, -0.2) is 8.78 Å². The van der Waals surface area contributed by atoms with Gasteiger partial charge >= 0.3 is 0 Å². The molecule has 1 N–H and O–H groups in total. The highest BCUT2D eigenvalue weighted by Crippen LogP contribution is 2.24. The third-order valence-corrected chi connectivity index (χ3v) is 3.58.